The van der Waals surface area contributed by atoms with Crippen LogP contribution in [0.1, 0.15) is 32.1 Å². The number of nitriles is 1. The fourth-order valence-electron chi connectivity index (χ4n) is 2.21. The molecule has 0 amide bonds. The van der Waals surface area contributed by atoms with Gasteiger partial charge in [-0.25, -0.2) is 0 Å². The molecule has 0 radical (unpaired) electrons. The summed E-state index contributed by atoms with van der Waals surface area (Å²) in [6.07, 6.45) is 5.03. The van der Waals surface area contributed by atoms with Crippen LogP contribution in [0.4, 0.5) is 0 Å². The van der Waals surface area contributed by atoms with Gasteiger partial charge in [-0.05, 0) is 19.3 Å². The Kier molecular flexibility index (Phi) is 2.52. The van der Waals surface area contributed by atoms with Crippen LogP contribution in [0.5, 0.6) is 0 Å². The summed E-state index contributed by atoms with van der Waals surface area (Å²) >= 11 is 0. The fourth-order valence-corrected chi connectivity index (χ4v) is 2.21. The van der Waals surface area contributed by atoms with Crippen molar-refractivity contribution >= 4 is 0 Å². The molecule has 1 heterocycles. The number of nitrogens with zero attached hydrogens (tertiary/aromatic N) is 1. The largest absolute Gasteiger partial charge is 0.349 e. The van der Waals surface area contributed by atoms with Gasteiger partial charge in [0.1, 0.15) is 5.92 Å². The Morgan fingerprint density at radius 3 is 2.62 bits per heavy atom. The Hall–Kier alpha value is -0.590. The summed E-state index contributed by atoms with van der Waals surface area (Å²) in [7, 11) is 0. The van der Waals surface area contributed by atoms with Crippen LogP contribution < -0.4 is 0 Å². The molecule has 2 aliphatic rings. The van der Waals surface area contributed by atoms with Crippen LogP contribution in [0, 0.1) is 17.2 Å². The maximum Gasteiger partial charge on any atom is 0.184 e. The minimum atomic E-state index is -0.536. The molecule has 1 unspecified atom stereocenters. The molecule has 72 valence electrons. The molecule has 0 aromatic carbocycles. The fraction of sp³-hybridized carbons (Fsp3) is 0.900. The number of hydrogen-bond acceptors (Lipinski definition) is 3. The van der Waals surface area contributed by atoms with E-state index in [-0.39, 0.29) is 5.92 Å². The molecule has 2 rings (SSSR count). The molecule has 0 aromatic rings. The van der Waals surface area contributed by atoms with Gasteiger partial charge in [-0.3, -0.25) is 0 Å². The van der Waals surface area contributed by atoms with Gasteiger partial charge in [-0.15, -0.1) is 0 Å². The van der Waals surface area contributed by atoms with E-state index in [4.69, 9.17) is 14.7 Å². The average molecular weight is 181 g/mol. The second-order valence-corrected chi connectivity index (χ2v) is 3.79. The molecule has 0 bridgehead atoms. The summed E-state index contributed by atoms with van der Waals surface area (Å²) in [4.78, 5) is 0. The van der Waals surface area contributed by atoms with Crippen LogP contribution >= 0.6 is 0 Å². The number of rotatable bonds is 0. The smallest absolute Gasteiger partial charge is 0.184 e. The summed E-state index contributed by atoms with van der Waals surface area (Å²) in [6, 6.07) is 2.31. The molecule has 1 aliphatic carbocycles. The highest BCUT2D eigenvalue weighted by Crippen LogP contribution is 2.39. The van der Waals surface area contributed by atoms with E-state index in [1.165, 1.54) is 0 Å². The second-order valence-electron chi connectivity index (χ2n) is 3.79. The molecule has 3 nitrogen and oxygen atoms in total. The monoisotopic (exact) mass is 181 g/mol. The van der Waals surface area contributed by atoms with E-state index in [0.717, 1.165) is 45.3 Å². The van der Waals surface area contributed by atoms with E-state index in [0.29, 0.717) is 0 Å². The van der Waals surface area contributed by atoms with Gasteiger partial charge in [0.25, 0.3) is 0 Å². The van der Waals surface area contributed by atoms with Crippen LogP contribution in [0.15, 0.2) is 0 Å². The van der Waals surface area contributed by atoms with Crippen molar-refractivity contribution in [3.05, 3.63) is 0 Å². The van der Waals surface area contributed by atoms with E-state index in [9.17, 15) is 0 Å². The van der Waals surface area contributed by atoms with E-state index >= 15 is 0 Å². The van der Waals surface area contributed by atoms with Gasteiger partial charge in [0, 0.05) is 6.42 Å². The molecule has 2 fully saturated rings. The SMILES string of the molecule is N#CC1CCCCC12OCCCO2. The molecule has 1 saturated heterocycles. The summed E-state index contributed by atoms with van der Waals surface area (Å²) < 4.78 is 11.3. The van der Waals surface area contributed by atoms with Gasteiger partial charge in [0.2, 0.25) is 0 Å². The zero-order valence-corrected chi connectivity index (χ0v) is 7.79. The third-order valence-electron chi connectivity index (χ3n) is 2.94. The Balaban J connectivity index is 2.11. The van der Waals surface area contributed by atoms with Crippen LogP contribution in [0.2, 0.25) is 0 Å². The molecular formula is C10H15NO2. The second kappa shape index (κ2) is 3.65. The van der Waals surface area contributed by atoms with Crippen molar-refractivity contribution < 1.29 is 9.47 Å². The lowest BCUT2D eigenvalue weighted by Gasteiger charge is -2.42. The number of hydrogen-bond donors (Lipinski definition) is 0. The highest BCUT2D eigenvalue weighted by atomic mass is 16.7. The quantitative estimate of drug-likeness (QED) is 0.572. The van der Waals surface area contributed by atoms with Crippen molar-refractivity contribution in [1.82, 2.24) is 0 Å². The lowest BCUT2D eigenvalue weighted by molar-refractivity contribution is -0.295. The molecule has 1 spiro atoms. The maximum atomic E-state index is 9.00. The van der Waals surface area contributed by atoms with Gasteiger partial charge >= 0.3 is 0 Å². The molecule has 1 saturated carbocycles. The standard InChI is InChI=1S/C10H15NO2/c11-8-9-4-1-2-5-10(9)12-6-3-7-13-10/h9H,1-7H2. The zero-order valence-electron chi connectivity index (χ0n) is 7.79. The van der Waals surface area contributed by atoms with Crippen LogP contribution in [0.25, 0.3) is 0 Å². The van der Waals surface area contributed by atoms with Gasteiger partial charge in [-0.2, -0.15) is 5.26 Å². The lowest BCUT2D eigenvalue weighted by Crippen LogP contribution is -2.48. The Morgan fingerprint density at radius 2 is 1.92 bits per heavy atom. The van der Waals surface area contributed by atoms with Gasteiger partial charge in [0.15, 0.2) is 5.79 Å². The normalized spacial score (nSPS) is 32.7. The maximum absolute atomic E-state index is 9.00. The number of ether oxygens (including phenoxy) is 2. The molecule has 13 heavy (non-hydrogen) atoms. The van der Waals surface area contributed by atoms with Crippen molar-refractivity contribution in [2.24, 2.45) is 5.92 Å². The van der Waals surface area contributed by atoms with Crippen molar-refractivity contribution in [3.8, 4) is 6.07 Å². The van der Waals surface area contributed by atoms with Crippen LogP contribution in [-0.4, -0.2) is 19.0 Å². The van der Waals surface area contributed by atoms with Gasteiger partial charge in [0.05, 0.1) is 19.3 Å². The molecule has 1 aliphatic heterocycles. The van der Waals surface area contributed by atoms with Crippen molar-refractivity contribution in [3.63, 3.8) is 0 Å². The predicted molar refractivity (Wildman–Crippen MR) is 46.8 cm³/mol. The summed E-state index contributed by atoms with van der Waals surface area (Å²) in [6.45, 7) is 1.50. The van der Waals surface area contributed by atoms with Crippen LogP contribution in [0.3, 0.4) is 0 Å². The van der Waals surface area contributed by atoms with E-state index in [2.05, 4.69) is 6.07 Å². The summed E-state index contributed by atoms with van der Waals surface area (Å²) in [5.41, 5.74) is 0. The Bertz CT molecular complexity index is 207. The molecule has 3 heteroatoms. The van der Waals surface area contributed by atoms with E-state index in [1.54, 1.807) is 0 Å². The van der Waals surface area contributed by atoms with E-state index in [1.807, 2.05) is 0 Å². The topological polar surface area (TPSA) is 42.2 Å². The Morgan fingerprint density at radius 1 is 1.15 bits per heavy atom. The highest BCUT2D eigenvalue weighted by Gasteiger charge is 2.44. The van der Waals surface area contributed by atoms with Crippen molar-refractivity contribution in [1.29, 1.82) is 5.26 Å². The zero-order chi connectivity index (χ0) is 9.15. The highest BCUT2D eigenvalue weighted by molar-refractivity contribution is 4.98. The minimum absolute atomic E-state index is 0.0541. The van der Waals surface area contributed by atoms with Gasteiger partial charge in [-0.1, -0.05) is 6.42 Å². The van der Waals surface area contributed by atoms with Crippen molar-refractivity contribution in [2.45, 2.75) is 37.9 Å². The molecule has 1 atom stereocenters. The van der Waals surface area contributed by atoms with Crippen LogP contribution in [-0.2, 0) is 9.47 Å². The van der Waals surface area contributed by atoms with Gasteiger partial charge < -0.3 is 9.47 Å². The first kappa shape index (κ1) is 8.98. The summed E-state index contributed by atoms with van der Waals surface area (Å²) in [5, 5.41) is 9.00. The molecule has 0 aromatic heterocycles. The first-order valence-electron chi connectivity index (χ1n) is 5.05. The Labute approximate surface area is 78.6 Å². The molecule has 0 N–H and O–H groups in total. The van der Waals surface area contributed by atoms with E-state index < -0.39 is 5.79 Å². The third-order valence-corrected chi connectivity index (χ3v) is 2.94. The minimum Gasteiger partial charge on any atom is -0.349 e. The molecular weight excluding hydrogens is 166 g/mol. The summed E-state index contributed by atoms with van der Waals surface area (Å²) in [5.74, 6) is -0.591. The first-order chi connectivity index (χ1) is 6.37. The first-order valence-corrected chi connectivity index (χ1v) is 5.05. The van der Waals surface area contributed by atoms with Crippen molar-refractivity contribution in [2.75, 3.05) is 13.2 Å². The third kappa shape index (κ3) is 1.56. The average Bonchev–Trinajstić information content (AvgIpc) is 2.20. The predicted octanol–water partition coefficient (Wildman–Crippen LogP) is 1.83. The lowest BCUT2D eigenvalue weighted by atomic mass is 9.83.